The second-order valence-corrected chi connectivity index (χ2v) is 7.07. The molecule has 2 aliphatic rings. The van der Waals surface area contributed by atoms with Gasteiger partial charge in [0.05, 0.1) is 28.3 Å². The Morgan fingerprint density at radius 1 is 1.45 bits per heavy atom. The van der Waals surface area contributed by atoms with E-state index in [9.17, 15) is 14.7 Å². The average Bonchev–Trinajstić information content (AvgIpc) is 2.63. The Labute approximate surface area is 135 Å². The van der Waals surface area contributed by atoms with Gasteiger partial charge in [0.1, 0.15) is 5.60 Å². The number of amides is 2. The van der Waals surface area contributed by atoms with Gasteiger partial charge in [-0.2, -0.15) is 0 Å². The van der Waals surface area contributed by atoms with Gasteiger partial charge in [-0.3, -0.25) is 4.90 Å². The van der Waals surface area contributed by atoms with Crippen molar-refractivity contribution in [3.8, 4) is 0 Å². The van der Waals surface area contributed by atoms with Crippen LogP contribution in [0.4, 0.5) is 9.59 Å². The third-order valence-corrected chi connectivity index (χ3v) is 4.45. The molecule has 7 nitrogen and oxygen atoms in total. The number of nitrogens with zero attached hydrogens (tertiary/aromatic N) is 2. The molecule has 1 N–H and O–H groups in total. The first-order chi connectivity index (χ1) is 11.3. The van der Waals surface area contributed by atoms with E-state index in [1.807, 2.05) is 0 Å². The number of ether oxygens (including phenoxy) is 2. The standard InChI is InChI=1S/C15H26N2O5/c1-10(21-5)15-7-6-11(8-16(9-15)12(18)19)17(15)13(20)22-14(2,3)4/h10-11H,6-9H2,1-5H3,(H,18,19)/i5D3. The highest BCUT2D eigenvalue weighted by Gasteiger charge is 2.58. The number of methoxy groups -OCH3 is 1. The Bertz CT molecular complexity index is 548. The van der Waals surface area contributed by atoms with Gasteiger partial charge in [0.15, 0.2) is 0 Å². The van der Waals surface area contributed by atoms with Crippen LogP contribution in [0, 0.1) is 0 Å². The van der Waals surface area contributed by atoms with Crippen LogP contribution in [0.5, 0.6) is 0 Å². The highest BCUT2D eigenvalue weighted by Crippen LogP contribution is 2.43. The third kappa shape index (κ3) is 2.86. The van der Waals surface area contributed by atoms with Crippen LogP contribution in [0.25, 0.3) is 0 Å². The van der Waals surface area contributed by atoms with Gasteiger partial charge in [0.2, 0.25) is 0 Å². The number of rotatable bonds is 2. The second kappa shape index (κ2) is 5.61. The zero-order valence-electron chi connectivity index (χ0n) is 16.5. The van der Waals surface area contributed by atoms with Gasteiger partial charge >= 0.3 is 12.2 Å². The van der Waals surface area contributed by atoms with Crippen molar-refractivity contribution in [3.63, 3.8) is 0 Å². The van der Waals surface area contributed by atoms with Crippen molar-refractivity contribution in [2.24, 2.45) is 0 Å². The van der Waals surface area contributed by atoms with Crippen LogP contribution in [0.2, 0.25) is 0 Å². The van der Waals surface area contributed by atoms with Crippen LogP contribution < -0.4 is 0 Å². The van der Waals surface area contributed by atoms with Crippen molar-refractivity contribution < 1.29 is 28.3 Å². The predicted molar refractivity (Wildman–Crippen MR) is 79.9 cm³/mol. The minimum atomic E-state index is -2.64. The number of fused-ring (bicyclic) bond motifs is 2. The van der Waals surface area contributed by atoms with Gasteiger partial charge in [-0.1, -0.05) is 0 Å². The molecule has 7 heteroatoms. The molecule has 2 amide bonds. The Kier molecular flexibility index (Phi) is 3.31. The topological polar surface area (TPSA) is 79.3 Å². The molecule has 0 aromatic heterocycles. The lowest BCUT2D eigenvalue weighted by Crippen LogP contribution is -2.68. The van der Waals surface area contributed by atoms with E-state index >= 15 is 0 Å². The molecule has 22 heavy (non-hydrogen) atoms. The molecule has 3 atom stereocenters. The smallest absolute Gasteiger partial charge is 0.411 e. The Morgan fingerprint density at radius 2 is 2.14 bits per heavy atom. The third-order valence-electron chi connectivity index (χ3n) is 4.45. The molecule has 0 spiro atoms. The summed E-state index contributed by atoms with van der Waals surface area (Å²) in [5.41, 5.74) is -1.77. The lowest BCUT2D eigenvalue weighted by atomic mass is 9.89. The van der Waals surface area contributed by atoms with Crippen molar-refractivity contribution in [2.75, 3.05) is 20.1 Å². The fraction of sp³-hybridized carbons (Fsp3) is 0.867. The Morgan fingerprint density at radius 3 is 2.68 bits per heavy atom. The zero-order chi connectivity index (χ0) is 19.2. The van der Waals surface area contributed by atoms with Gasteiger partial charge < -0.3 is 19.5 Å². The summed E-state index contributed by atoms with van der Waals surface area (Å²) in [6.07, 6.45) is -1.52. The molecule has 2 fully saturated rings. The van der Waals surface area contributed by atoms with Crippen molar-refractivity contribution in [2.45, 2.75) is 63.8 Å². The molecule has 0 radical (unpaired) electrons. The summed E-state index contributed by atoms with van der Waals surface area (Å²) >= 11 is 0. The summed E-state index contributed by atoms with van der Waals surface area (Å²) < 4.78 is 32.7. The lowest BCUT2D eigenvalue weighted by molar-refractivity contribution is -0.0806. The van der Waals surface area contributed by atoms with Crippen molar-refractivity contribution in [3.05, 3.63) is 0 Å². The van der Waals surface area contributed by atoms with Crippen LogP contribution in [0.3, 0.4) is 0 Å². The van der Waals surface area contributed by atoms with E-state index in [-0.39, 0.29) is 19.1 Å². The van der Waals surface area contributed by atoms with Crippen LogP contribution >= 0.6 is 0 Å². The fourth-order valence-corrected chi connectivity index (χ4v) is 3.43. The Hall–Kier alpha value is -1.50. The number of carboxylic acid groups (broad SMARTS) is 1. The van der Waals surface area contributed by atoms with E-state index in [2.05, 4.69) is 0 Å². The van der Waals surface area contributed by atoms with E-state index in [4.69, 9.17) is 13.6 Å². The van der Waals surface area contributed by atoms with Crippen molar-refractivity contribution in [1.29, 1.82) is 0 Å². The minimum Gasteiger partial charge on any atom is -0.465 e. The van der Waals surface area contributed by atoms with Crippen LogP contribution in [0.15, 0.2) is 0 Å². The average molecular weight is 317 g/mol. The summed E-state index contributed by atoms with van der Waals surface area (Å²) in [5.74, 6) is 0. The fourth-order valence-electron chi connectivity index (χ4n) is 3.43. The summed E-state index contributed by atoms with van der Waals surface area (Å²) in [6.45, 7) is 6.98. The normalized spacial score (nSPS) is 32.0. The van der Waals surface area contributed by atoms with Crippen LogP contribution in [-0.2, 0) is 9.47 Å². The van der Waals surface area contributed by atoms with Crippen LogP contribution in [-0.4, -0.2) is 70.5 Å². The van der Waals surface area contributed by atoms with Gasteiger partial charge in [0, 0.05) is 13.6 Å². The van der Waals surface area contributed by atoms with E-state index < -0.39 is 36.5 Å². The second-order valence-electron chi connectivity index (χ2n) is 7.07. The molecule has 2 aliphatic heterocycles. The molecular formula is C15H26N2O5. The molecule has 0 saturated carbocycles. The highest BCUT2D eigenvalue weighted by molar-refractivity contribution is 5.72. The summed E-state index contributed by atoms with van der Waals surface area (Å²) in [6, 6.07) is -0.359. The number of carbonyl (C=O) groups excluding carboxylic acids is 1. The summed E-state index contributed by atoms with van der Waals surface area (Å²) in [5, 5.41) is 9.38. The maximum absolute atomic E-state index is 12.8. The quantitative estimate of drug-likeness (QED) is 0.844. The highest BCUT2D eigenvalue weighted by atomic mass is 16.6. The molecule has 2 bridgehead atoms. The van der Waals surface area contributed by atoms with Crippen LogP contribution in [0.1, 0.15) is 44.6 Å². The number of hydrogen-bond donors (Lipinski definition) is 1. The minimum absolute atomic E-state index is 0.00464. The SMILES string of the molecule is [2H]C([2H])([2H])OC(C)C12CCC(CN(C(=O)O)C1)N2C(=O)OC(C)(C)C. The van der Waals surface area contributed by atoms with E-state index in [1.165, 1.54) is 9.80 Å². The molecular weight excluding hydrogens is 288 g/mol. The first-order valence-electron chi connectivity index (χ1n) is 8.93. The first-order valence-corrected chi connectivity index (χ1v) is 7.43. The number of carbonyl (C=O) groups is 2. The van der Waals surface area contributed by atoms with Crippen molar-refractivity contribution >= 4 is 12.2 Å². The summed E-state index contributed by atoms with van der Waals surface area (Å²) in [7, 11) is -2.64. The van der Waals surface area contributed by atoms with E-state index in [0.717, 1.165) is 0 Å². The Balaban J connectivity index is 2.36. The maximum atomic E-state index is 12.8. The summed E-state index contributed by atoms with van der Waals surface area (Å²) in [4.78, 5) is 27.0. The molecule has 126 valence electrons. The van der Waals surface area contributed by atoms with E-state index in [0.29, 0.717) is 12.8 Å². The number of likely N-dealkylation sites (tertiary alicyclic amines) is 1. The predicted octanol–water partition coefficient (Wildman–Crippen LogP) is 2.15. The van der Waals surface area contributed by atoms with Gasteiger partial charge in [-0.05, 0) is 40.5 Å². The number of piperazine rings is 1. The molecule has 0 aromatic rings. The monoisotopic (exact) mass is 317 g/mol. The zero-order valence-corrected chi connectivity index (χ0v) is 13.5. The molecule has 2 heterocycles. The molecule has 2 saturated heterocycles. The largest absolute Gasteiger partial charge is 0.465 e. The molecule has 0 aromatic carbocycles. The molecule has 2 rings (SSSR count). The molecule has 0 aliphatic carbocycles. The molecule has 3 unspecified atom stereocenters. The lowest BCUT2D eigenvalue weighted by Gasteiger charge is -2.50. The van der Waals surface area contributed by atoms with Gasteiger partial charge in [-0.15, -0.1) is 0 Å². The van der Waals surface area contributed by atoms with Gasteiger partial charge in [0.25, 0.3) is 0 Å². The van der Waals surface area contributed by atoms with Gasteiger partial charge in [-0.25, -0.2) is 9.59 Å². The first kappa shape index (κ1) is 13.0. The maximum Gasteiger partial charge on any atom is 0.411 e. The van der Waals surface area contributed by atoms with E-state index in [1.54, 1.807) is 27.7 Å². The van der Waals surface area contributed by atoms with Crippen molar-refractivity contribution in [1.82, 2.24) is 9.80 Å². The number of hydrogen-bond acceptors (Lipinski definition) is 4.